The van der Waals surface area contributed by atoms with Crippen molar-refractivity contribution < 1.29 is 140 Å². The van der Waals surface area contributed by atoms with E-state index in [1.54, 1.807) is 0 Å². The summed E-state index contributed by atoms with van der Waals surface area (Å²) < 4.78 is 106. The fourth-order valence-corrected chi connectivity index (χ4v) is 9.04. The molecule has 33 nitrogen and oxygen atoms in total. The number of hydrogen-bond donors (Lipinski definition) is 17. The average molecular weight is 1030 g/mol. The van der Waals surface area contributed by atoms with Gasteiger partial charge in [0.15, 0.2) is 25.2 Å². The van der Waals surface area contributed by atoms with Crippen molar-refractivity contribution in [2.75, 3.05) is 65.9 Å². The SMILES string of the molecule is NCCOP(=O)(O)OC[C@H]1O[C@H](O[C@@H]2[C@@H](OC[C@H]3O[C@H](O[C@H]4[C@H](O)[C@@H](N)[C@@H](O)O[C@@H]4CO)[C@@H](OP(=O)(O)OCCN)[C@@H](O)[C@@H]3O)O[C@H](COP(=O)(O)OCCN)[C@@H](O)[C@@H]2O)[C@@H](O)[C@@H](O)[C@@H]1O. The summed E-state index contributed by atoms with van der Waals surface area (Å²) in [6.07, 6.45) is -38.4. The summed E-state index contributed by atoms with van der Waals surface area (Å²) in [5.74, 6) is 0. The lowest BCUT2D eigenvalue weighted by Crippen LogP contribution is -2.66. The van der Waals surface area contributed by atoms with Crippen LogP contribution >= 0.6 is 23.5 Å². The highest BCUT2D eigenvalue weighted by atomic mass is 31.2. The Labute approximate surface area is 374 Å². The molecule has 4 heterocycles. The normalized spacial score (nSPS) is 42.9. The molecule has 0 amide bonds. The molecule has 4 rings (SSSR count). The molecule has 36 heteroatoms. The average Bonchev–Trinajstić information content (AvgIpc) is 3.27. The van der Waals surface area contributed by atoms with Gasteiger partial charge >= 0.3 is 23.5 Å². The Bertz CT molecular complexity index is 1620. The minimum atomic E-state index is -5.17. The molecule has 4 aliphatic heterocycles. The van der Waals surface area contributed by atoms with Gasteiger partial charge in [0, 0.05) is 19.6 Å². The van der Waals surface area contributed by atoms with Gasteiger partial charge in [0.05, 0.1) is 52.3 Å². The summed E-state index contributed by atoms with van der Waals surface area (Å²) in [7, 11) is -14.9. The summed E-state index contributed by atoms with van der Waals surface area (Å²) in [4.78, 5) is 30.3. The van der Waals surface area contributed by atoms with Crippen LogP contribution in [0.15, 0.2) is 0 Å². The van der Waals surface area contributed by atoms with E-state index in [0.717, 1.165) is 0 Å². The second-order valence-corrected chi connectivity index (χ2v) is 19.2. The third kappa shape index (κ3) is 15.5. The van der Waals surface area contributed by atoms with E-state index in [1.165, 1.54) is 0 Å². The molecule has 0 aromatic rings. The standard InChI is InChI=1S/C30H61N4O29P3/c31-1-4-52-64(45,46)55-9-13-16(36)20(40)23(43)28(58-13)62-25-21(41)18(38)14(10-56-65(47,48)53-5-2-32)59-29(25)51-8-12-17(37)22(42)26(63-66(49,50)54-6-3-33)30(60-12)61-24-11(7-35)57-27(44)15(34)19(24)39/h11-30,35-44H,1-10,31-34H2,(H,45,46)(H,47,48)(H,49,50)/t11-,12-,13-,14-,15-,16-,17-,18-,19-,20+,21+,22+,23+,24-,25+,26+,27+,28-,29+,30-/m1/s1. The van der Waals surface area contributed by atoms with Crippen molar-refractivity contribution in [3.8, 4) is 0 Å². The minimum absolute atomic E-state index is 0.188. The summed E-state index contributed by atoms with van der Waals surface area (Å²) in [6.45, 7) is -6.07. The molecule has 0 radical (unpaired) electrons. The van der Waals surface area contributed by atoms with Crippen LogP contribution in [0.4, 0.5) is 0 Å². The zero-order valence-electron chi connectivity index (χ0n) is 34.6. The largest absolute Gasteiger partial charge is 0.472 e. The van der Waals surface area contributed by atoms with Crippen molar-refractivity contribution in [1.82, 2.24) is 0 Å². The second kappa shape index (κ2) is 25.7. The van der Waals surface area contributed by atoms with Crippen LogP contribution in [0.3, 0.4) is 0 Å². The lowest BCUT2D eigenvalue weighted by Gasteiger charge is -2.48. The first-order valence-corrected chi connectivity index (χ1v) is 24.4. The van der Waals surface area contributed by atoms with Gasteiger partial charge in [-0.1, -0.05) is 0 Å². The number of hydrogen-bond acceptors (Lipinski definition) is 30. The van der Waals surface area contributed by atoms with Crippen LogP contribution < -0.4 is 22.9 Å². The molecule has 66 heavy (non-hydrogen) atoms. The van der Waals surface area contributed by atoms with Crippen LogP contribution in [0.1, 0.15) is 0 Å². The Hall–Kier alpha value is -0.510. The zero-order chi connectivity index (χ0) is 49.3. The molecule has 21 N–H and O–H groups in total. The van der Waals surface area contributed by atoms with Gasteiger partial charge in [0.2, 0.25) is 0 Å². The van der Waals surface area contributed by atoms with E-state index < -0.39 is 192 Å². The Morgan fingerprint density at radius 2 is 0.894 bits per heavy atom. The maximum atomic E-state index is 12.8. The van der Waals surface area contributed by atoms with E-state index in [1.807, 2.05) is 0 Å². The Morgan fingerprint density at radius 3 is 1.41 bits per heavy atom. The minimum Gasteiger partial charge on any atom is -0.394 e. The maximum absolute atomic E-state index is 12.8. The van der Waals surface area contributed by atoms with E-state index in [0.29, 0.717) is 0 Å². The number of aliphatic hydroxyl groups is 10. The molecule has 0 aromatic carbocycles. The first-order valence-electron chi connectivity index (χ1n) is 19.9. The number of ether oxygens (including phenoxy) is 7. The summed E-state index contributed by atoms with van der Waals surface area (Å²) in [5, 5.41) is 108. The van der Waals surface area contributed by atoms with Gasteiger partial charge in [0.25, 0.3) is 0 Å². The van der Waals surface area contributed by atoms with Gasteiger partial charge in [-0.3, -0.25) is 27.1 Å². The third-order valence-electron chi connectivity index (χ3n) is 10.1. The Kier molecular flexibility index (Phi) is 22.6. The number of aliphatic hydroxyl groups excluding tert-OH is 10. The maximum Gasteiger partial charge on any atom is 0.472 e. The van der Waals surface area contributed by atoms with Gasteiger partial charge in [-0.25, -0.2) is 13.7 Å². The highest BCUT2D eigenvalue weighted by Gasteiger charge is 2.55. The van der Waals surface area contributed by atoms with Crippen molar-refractivity contribution in [2.24, 2.45) is 22.9 Å². The molecule has 0 saturated carbocycles. The first kappa shape index (κ1) is 58.1. The molecule has 390 valence electrons. The molecule has 0 aliphatic carbocycles. The van der Waals surface area contributed by atoms with Crippen LogP contribution in [0.2, 0.25) is 0 Å². The van der Waals surface area contributed by atoms with Crippen molar-refractivity contribution in [2.45, 2.75) is 123 Å². The summed E-state index contributed by atoms with van der Waals surface area (Å²) in [5.41, 5.74) is 21.7. The van der Waals surface area contributed by atoms with E-state index in [9.17, 15) is 79.4 Å². The fraction of sp³-hybridized carbons (Fsp3) is 1.00. The molecule has 4 fully saturated rings. The van der Waals surface area contributed by atoms with Crippen LogP contribution in [-0.4, -0.2) is 254 Å². The van der Waals surface area contributed by atoms with Gasteiger partial charge < -0.3 is 122 Å². The van der Waals surface area contributed by atoms with Crippen LogP contribution in [0.25, 0.3) is 0 Å². The number of phosphoric ester groups is 3. The van der Waals surface area contributed by atoms with Gasteiger partial charge in [-0.15, -0.1) is 0 Å². The van der Waals surface area contributed by atoms with E-state index in [4.69, 9.17) is 74.2 Å². The molecule has 0 aromatic heterocycles. The molecule has 4 saturated heterocycles. The number of rotatable bonds is 25. The second-order valence-electron chi connectivity index (χ2n) is 14.8. The molecule has 4 aliphatic rings. The van der Waals surface area contributed by atoms with Gasteiger partial charge in [-0.2, -0.15) is 0 Å². The summed E-state index contributed by atoms with van der Waals surface area (Å²) >= 11 is 0. The third-order valence-corrected chi connectivity index (χ3v) is 13.0. The topological polar surface area (TPSA) is 538 Å². The van der Waals surface area contributed by atoms with Crippen molar-refractivity contribution in [3.05, 3.63) is 0 Å². The Morgan fingerprint density at radius 1 is 0.455 bits per heavy atom. The molecule has 23 atom stereocenters. The highest BCUT2D eigenvalue weighted by molar-refractivity contribution is 7.47. The quantitative estimate of drug-likeness (QED) is 0.0378. The predicted molar refractivity (Wildman–Crippen MR) is 207 cm³/mol. The smallest absolute Gasteiger partial charge is 0.394 e. The molecule has 0 spiro atoms. The lowest BCUT2D eigenvalue weighted by molar-refractivity contribution is -0.375. The van der Waals surface area contributed by atoms with Crippen molar-refractivity contribution in [1.29, 1.82) is 0 Å². The number of phosphoric acid groups is 3. The summed E-state index contributed by atoms with van der Waals surface area (Å²) in [6, 6.07) is -1.58. The first-order chi connectivity index (χ1) is 30.9. The van der Waals surface area contributed by atoms with Gasteiger partial charge in [0.1, 0.15) is 91.6 Å². The van der Waals surface area contributed by atoms with Crippen molar-refractivity contribution in [3.63, 3.8) is 0 Å². The zero-order valence-corrected chi connectivity index (χ0v) is 37.3. The Balaban J connectivity index is 1.63. The molecule has 0 bridgehead atoms. The molecular formula is C30H61N4O29P3. The van der Waals surface area contributed by atoms with Crippen molar-refractivity contribution >= 4 is 23.5 Å². The lowest BCUT2D eigenvalue weighted by atomic mass is 9.96. The van der Waals surface area contributed by atoms with Crippen LogP contribution in [0.5, 0.6) is 0 Å². The molecular weight excluding hydrogens is 973 g/mol. The predicted octanol–water partition coefficient (Wildman–Crippen LogP) is -9.48. The fourth-order valence-electron chi connectivity index (χ4n) is 6.62. The molecule has 3 unspecified atom stereocenters. The van der Waals surface area contributed by atoms with E-state index in [2.05, 4.69) is 9.05 Å². The number of nitrogens with two attached hydrogens (primary N) is 4. The van der Waals surface area contributed by atoms with Crippen LogP contribution in [-0.2, 0) is 74.0 Å². The van der Waals surface area contributed by atoms with Crippen LogP contribution in [0, 0.1) is 0 Å². The van der Waals surface area contributed by atoms with E-state index in [-0.39, 0.29) is 19.6 Å². The monoisotopic (exact) mass is 1030 g/mol. The van der Waals surface area contributed by atoms with E-state index >= 15 is 0 Å². The highest BCUT2D eigenvalue weighted by Crippen LogP contribution is 2.48. The van der Waals surface area contributed by atoms with Gasteiger partial charge in [-0.05, 0) is 0 Å².